The smallest absolute Gasteiger partial charge is 0.199 e. The largest absolute Gasteiger partial charge is 0.469 e. The molecule has 0 amide bonds. The second-order valence-electron chi connectivity index (χ2n) is 18.6. The number of hydrogen-bond donors (Lipinski definition) is 0. The van der Waals surface area contributed by atoms with Gasteiger partial charge in [0.25, 0.3) is 0 Å². The third kappa shape index (κ3) is 12.0. The molecular weight excluding hydrogens is 677 g/mol. The molecule has 7 atom stereocenters. The Hall–Kier alpha value is -1.48. The minimum Gasteiger partial charge on any atom is -0.469 e. The van der Waals surface area contributed by atoms with Gasteiger partial charge >= 0.3 is 0 Å². The molecule has 6 nitrogen and oxygen atoms in total. The Labute approximate surface area is 324 Å². The zero-order valence-corrected chi connectivity index (χ0v) is 35.2. The van der Waals surface area contributed by atoms with Crippen molar-refractivity contribution >= 4 is 8.32 Å². The Morgan fingerprint density at radius 3 is 2.30 bits per heavy atom. The summed E-state index contributed by atoms with van der Waals surface area (Å²) in [5.74, 6) is 3.55. The monoisotopic (exact) mass is 751 g/mol. The van der Waals surface area contributed by atoms with Gasteiger partial charge < -0.3 is 28.1 Å². The third-order valence-corrected chi connectivity index (χ3v) is 18.1. The lowest BCUT2D eigenvalue weighted by Gasteiger charge is -2.38. The summed E-state index contributed by atoms with van der Waals surface area (Å²) >= 11 is 0. The van der Waals surface area contributed by atoms with Crippen LogP contribution in [-0.4, -0.2) is 53.4 Å². The van der Waals surface area contributed by atoms with E-state index in [1.165, 1.54) is 50.5 Å². The molecule has 1 aromatic carbocycles. The van der Waals surface area contributed by atoms with E-state index in [0.717, 1.165) is 102 Å². The third-order valence-electron chi connectivity index (χ3n) is 13.6. The number of fused-ring (bicyclic) bond motifs is 1. The molecule has 4 fully saturated rings. The Kier molecular flexibility index (Phi) is 15.6. The molecule has 3 aliphatic carbocycles. The first kappa shape index (κ1) is 41.2. The lowest BCUT2D eigenvalue weighted by Crippen LogP contribution is -2.42. The van der Waals surface area contributed by atoms with Crippen molar-refractivity contribution in [3.8, 4) is 0 Å². The van der Waals surface area contributed by atoms with Gasteiger partial charge in [0.15, 0.2) is 20.9 Å². The van der Waals surface area contributed by atoms with Crippen molar-refractivity contribution in [1.29, 1.82) is 0 Å². The molecule has 0 radical (unpaired) electrons. The second-order valence-corrected chi connectivity index (χ2v) is 23.4. The minimum absolute atomic E-state index is 0.0982. The Bertz CT molecular complexity index is 1270. The van der Waals surface area contributed by atoms with Gasteiger partial charge in [0, 0.05) is 38.1 Å². The van der Waals surface area contributed by atoms with Crippen LogP contribution in [0.3, 0.4) is 0 Å². The van der Waals surface area contributed by atoms with E-state index in [1.807, 2.05) is 0 Å². The van der Waals surface area contributed by atoms with Crippen LogP contribution < -0.4 is 0 Å². The van der Waals surface area contributed by atoms with Crippen LogP contribution in [0.5, 0.6) is 0 Å². The summed E-state index contributed by atoms with van der Waals surface area (Å²) in [7, 11) is -1.89. The average Bonchev–Trinajstić information content (AvgIpc) is 3.71. The predicted molar refractivity (Wildman–Crippen MR) is 217 cm³/mol. The minimum atomic E-state index is -1.89. The number of unbranched alkanes of at least 4 members (excludes halogenated alkanes) is 1. The molecule has 298 valence electrons. The molecule has 7 heteroatoms. The van der Waals surface area contributed by atoms with E-state index in [9.17, 15) is 0 Å². The first-order valence-corrected chi connectivity index (χ1v) is 24.8. The highest BCUT2D eigenvalue weighted by Crippen LogP contribution is 2.53. The fourth-order valence-electron chi connectivity index (χ4n) is 9.25. The van der Waals surface area contributed by atoms with E-state index in [0.29, 0.717) is 24.4 Å². The first-order valence-electron chi connectivity index (χ1n) is 21.9. The molecule has 0 bridgehead atoms. The van der Waals surface area contributed by atoms with Crippen LogP contribution in [0.1, 0.15) is 135 Å². The SMILES string of the molecule is CC(C)(C)[Si](C)(C)OCC(CCCCOCc1ccccc1)C1=CC2C[C@@H](OC3CCCCO3)[C@H](C(=CCC3CCCCC3)OC3CCCCO3)C2C1. The molecule has 53 heavy (non-hydrogen) atoms. The van der Waals surface area contributed by atoms with E-state index >= 15 is 0 Å². The summed E-state index contributed by atoms with van der Waals surface area (Å²) in [6.07, 6.45) is 25.1. The molecule has 2 aliphatic heterocycles. The van der Waals surface area contributed by atoms with Gasteiger partial charge in [0.1, 0.15) is 5.76 Å². The highest BCUT2D eigenvalue weighted by atomic mass is 28.4. The van der Waals surface area contributed by atoms with Gasteiger partial charge in [-0.1, -0.05) is 101 Å². The molecule has 6 rings (SSSR count). The molecule has 5 unspecified atom stereocenters. The number of rotatable bonds is 18. The Morgan fingerprint density at radius 1 is 0.887 bits per heavy atom. The van der Waals surface area contributed by atoms with Crippen molar-refractivity contribution < 1.29 is 28.1 Å². The maximum Gasteiger partial charge on any atom is 0.199 e. The van der Waals surface area contributed by atoms with E-state index < -0.39 is 8.32 Å². The summed E-state index contributed by atoms with van der Waals surface area (Å²) in [5.41, 5.74) is 2.86. The molecule has 5 aliphatic rings. The summed E-state index contributed by atoms with van der Waals surface area (Å²) in [6.45, 7) is 15.8. The van der Waals surface area contributed by atoms with Crippen LogP contribution >= 0.6 is 0 Å². The van der Waals surface area contributed by atoms with Crippen molar-refractivity contribution in [2.24, 2.45) is 29.6 Å². The van der Waals surface area contributed by atoms with Gasteiger partial charge in [0.2, 0.25) is 0 Å². The van der Waals surface area contributed by atoms with Gasteiger partial charge in [-0.2, -0.15) is 0 Å². The summed E-state index contributed by atoms with van der Waals surface area (Å²) < 4.78 is 39.5. The highest BCUT2D eigenvalue weighted by Gasteiger charge is 2.50. The van der Waals surface area contributed by atoms with Crippen LogP contribution in [0.25, 0.3) is 0 Å². The van der Waals surface area contributed by atoms with Crippen molar-refractivity contribution in [3.63, 3.8) is 0 Å². The molecule has 2 heterocycles. The van der Waals surface area contributed by atoms with Crippen LogP contribution in [0, 0.1) is 29.6 Å². The van der Waals surface area contributed by atoms with Gasteiger partial charge in [-0.15, -0.1) is 0 Å². The molecule has 1 aromatic rings. The highest BCUT2D eigenvalue weighted by molar-refractivity contribution is 6.74. The van der Waals surface area contributed by atoms with Crippen LogP contribution in [0.15, 0.2) is 53.8 Å². The lowest BCUT2D eigenvalue weighted by atomic mass is 9.83. The number of hydrogen-bond acceptors (Lipinski definition) is 6. The zero-order chi connectivity index (χ0) is 37.1. The fraction of sp³-hybridized carbons (Fsp3) is 0.783. The molecule has 0 aromatic heterocycles. The number of benzene rings is 1. The normalized spacial score (nSPS) is 29.5. The van der Waals surface area contributed by atoms with Crippen LogP contribution in [-0.2, 0) is 34.7 Å². The summed E-state index contributed by atoms with van der Waals surface area (Å²) in [5, 5.41) is 0.191. The predicted octanol–water partition coefficient (Wildman–Crippen LogP) is 11.9. The summed E-state index contributed by atoms with van der Waals surface area (Å²) in [6, 6.07) is 10.5. The van der Waals surface area contributed by atoms with E-state index in [2.05, 4.69) is 76.3 Å². The molecule has 0 spiro atoms. The van der Waals surface area contributed by atoms with Crippen molar-refractivity contribution in [3.05, 3.63) is 59.4 Å². The number of allylic oxidation sites excluding steroid dienone is 2. The van der Waals surface area contributed by atoms with Gasteiger partial charge in [-0.05, 0) is 112 Å². The van der Waals surface area contributed by atoms with Gasteiger partial charge in [0.05, 0.1) is 19.3 Å². The van der Waals surface area contributed by atoms with E-state index in [1.54, 1.807) is 5.57 Å². The van der Waals surface area contributed by atoms with Crippen molar-refractivity contribution in [2.45, 2.75) is 173 Å². The first-order chi connectivity index (χ1) is 25.7. The Morgan fingerprint density at radius 2 is 1.60 bits per heavy atom. The fourth-order valence-corrected chi connectivity index (χ4v) is 10.3. The second kappa shape index (κ2) is 20.1. The standard InChI is InChI=1S/C46H74O6Si/c1-46(2,3)53(4,5)50-34-37(22-12-15-27-47-33-36-20-10-7-11-21-36)38-30-39-32-42(52-44-24-14-17-29-49-44)45(40(39)31-38)41(51-43-23-13-16-28-48-43)26-25-35-18-8-6-9-19-35/h7,10-11,20-21,26,30,35,37,39-40,42-45H,6,8-9,12-19,22-25,27-29,31-34H2,1-5H3/t37?,39?,40?,42-,43?,44?,45+/m1/s1. The topological polar surface area (TPSA) is 55.4 Å². The van der Waals surface area contributed by atoms with Crippen molar-refractivity contribution in [2.75, 3.05) is 26.4 Å². The Balaban J connectivity index is 1.18. The lowest BCUT2D eigenvalue weighted by molar-refractivity contribution is -0.201. The van der Waals surface area contributed by atoms with Gasteiger partial charge in [-0.3, -0.25) is 0 Å². The van der Waals surface area contributed by atoms with Crippen LogP contribution in [0.2, 0.25) is 18.1 Å². The molecular formula is C46H74O6Si. The maximum absolute atomic E-state index is 7.02. The quantitative estimate of drug-likeness (QED) is 0.0644. The number of ether oxygens (including phenoxy) is 5. The van der Waals surface area contributed by atoms with Crippen LogP contribution in [0.4, 0.5) is 0 Å². The maximum atomic E-state index is 7.02. The van der Waals surface area contributed by atoms with Gasteiger partial charge in [-0.25, -0.2) is 0 Å². The summed E-state index contributed by atoms with van der Waals surface area (Å²) in [4.78, 5) is 0. The molecule has 0 N–H and O–H groups in total. The average molecular weight is 751 g/mol. The molecule has 2 saturated carbocycles. The molecule has 2 saturated heterocycles. The van der Waals surface area contributed by atoms with Crippen molar-refractivity contribution in [1.82, 2.24) is 0 Å². The van der Waals surface area contributed by atoms with E-state index in [-0.39, 0.29) is 29.6 Å². The zero-order valence-electron chi connectivity index (χ0n) is 34.2. The van der Waals surface area contributed by atoms with E-state index in [4.69, 9.17) is 28.1 Å².